The van der Waals surface area contributed by atoms with Crippen LogP contribution in [-0.2, 0) is 6.42 Å². The number of rotatable bonds is 5. The number of ketones is 1. The number of ether oxygens (including phenoxy) is 1. The molecule has 6 rings (SSSR count). The summed E-state index contributed by atoms with van der Waals surface area (Å²) in [5.74, 6) is 1.93. The highest BCUT2D eigenvalue weighted by molar-refractivity contribution is 6.32. The summed E-state index contributed by atoms with van der Waals surface area (Å²) < 4.78 is 5.54. The minimum atomic E-state index is 0.119. The highest BCUT2D eigenvalue weighted by Gasteiger charge is 2.30. The fourth-order valence-electron chi connectivity index (χ4n) is 4.57. The average Bonchev–Trinajstić information content (AvgIpc) is 3.61. The van der Waals surface area contributed by atoms with Crippen molar-refractivity contribution in [3.05, 3.63) is 58.8 Å². The van der Waals surface area contributed by atoms with Crippen molar-refractivity contribution in [2.24, 2.45) is 0 Å². The third-order valence-corrected chi connectivity index (χ3v) is 6.63. The maximum atomic E-state index is 13.0. The highest BCUT2D eigenvalue weighted by Crippen LogP contribution is 2.44. The van der Waals surface area contributed by atoms with Gasteiger partial charge >= 0.3 is 0 Å². The van der Waals surface area contributed by atoms with E-state index >= 15 is 0 Å². The number of methoxy groups -OCH3 is 1. The fraction of sp³-hybridized carbons (Fsp3) is 0.280. The Labute approximate surface area is 195 Å². The number of hydrogen-bond acceptors (Lipinski definition) is 6. The number of halogens is 1. The summed E-state index contributed by atoms with van der Waals surface area (Å²) in [6.07, 6.45) is 7.95. The zero-order valence-corrected chi connectivity index (χ0v) is 18.9. The lowest BCUT2D eigenvalue weighted by atomic mass is 9.94. The molecular weight excluding hydrogens is 438 g/mol. The maximum absolute atomic E-state index is 13.0. The lowest BCUT2D eigenvalue weighted by Gasteiger charge is -2.16. The smallest absolute Gasteiger partial charge is 0.166 e. The SMILES string of the molecule is COc1c(Cl)cccc1Nc1c(-c2ccnc3cnc(C4CC4)nc23)[nH]c2c1C(=O)CCC2. The number of aromatic amines is 1. The van der Waals surface area contributed by atoms with Gasteiger partial charge in [-0.05, 0) is 43.9 Å². The summed E-state index contributed by atoms with van der Waals surface area (Å²) in [5, 5.41) is 3.96. The molecule has 1 saturated carbocycles. The van der Waals surface area contributed by atoms with E-state index < -0.39 is 0 Å². The number of para-hydroxylation sites is 1. The first kappa shape index (κ1) is 20.2. The number of fused-ring (bicyclic) bond motifs is 2. The van der Waals surface area contributed by atoms with Crippen molar-refractivity contribution in [1.82, 2.24) is 19.9 Å². The number of aromatic nitrogens is 4. The largest absolute Gasteiger partial charge is 0.493 e. The van der Waals surface area contributed by atoms with Crippen molar-refractivity contribution in [2.75, 3.05) is 12.4 Å². The third kappa shape index (κ3) is 3.43. The molecule has 8 heteroatoms. The molecule has 33 heavy (non-hydrogen) atoms. The summed E-state index contributed by atoms with van der Waals surface area (Å²) in [5.41, 5.74) is 6.24. The van der Waals surface area contributed by atoms with Crippen LogP contribution in [0.4, 0.5) is 11.4 Å². The predicted octanol–water partition coefficient (Wildman–Crippen LogP) is 5.82. The normalized spacial score (nSPS) is 15.5. The second-order valence-electron chi connectivity index (χ2n) is 8.55. The fourth-order valence-corrected chi connectivity index (χ4v) is 4.82. The zero-order chi connectivity index (χ0) is 22.5. The summed E-state index contributed by atoms with van der Waals surface area (Å²) in [6.45, 7) is 0. The topological polar surface area (TPSA) is 92.8 Å². The molecule has 2 aliphatic carbocycles. The lowest BCUT2D eigenvalue weighted by Crippen LogP contribution is -2.11. The minimum absolute atomic E-state index is 0.119. The van der Waals surface area contributed by atoms with Crippen LogP contribution in [0.15, 0.2) is 36.7 Å². The molecule has 0 unspecified atom stereocenters. The average molecular weight is 460 g/mol. The summed E-state index contributed by atoms with van der Waals surface area (Å²) in [4.78, 5) is 30.4. The van der Waals surface area contributed by atoms with Crippen LogP contribution in [0, 0.1) is 0 Å². The number of carbonyl (C=O) groups is 1. The summed E-state index contributed by atoms with van der Waals surface area (Å²) >= 11 is 6.36. The molecule has 0 bridgehead atoms. The Morgan fingerprint density at radius 3 is 2.88 bits per heavy atom. The van der Waals surface area contributed by atoms with Crippen LogP contribution >= 0.6 is 11.6 Å². The maximum Gasteiger partial charge on any atom is 0.166 e. The van der Waals surface area contributed by atoms with Gasteiger partial charge in [-0.3, -0.25) is 9.78 Å². The van der Waals surface area contributed by atoms with Gasteiger partial charge in [-0.15, -0.1) is 0 Å². The van der Waals surface area contributed by atoms with Crippen LogP contribution in [0.5, 0.6) is 5.75 Å². The number of hydrogen-bond donors (Lipinski definition) is 2. The number of Topliss-reactive ketones (excluding diaryl/α,β-unsaturated/α-hetero) is 1. The quantitative estimate of drug-likeness (QED) is 0.390. The molecule has 0 aliphatic heterocycles. The molecule has 166 valence electrons. The van der Waals surface area contributed by atoms with E-state index in [4.69, 9.17) is 21.3 Å². The Balaban J connectivity index is 1.57. The van der Waals surface area contributed by atoms with Gasteiger partial charge in [0.05, 0.1) is 41.0 Å². The number of aryl methyl sites for hydroxylation is 1. The van der Waals surface area contributed by atoms with E-state index in [2.05, 4.69) is 20.3 Å². The third-order valence-electron chi connectivity index (χ3n) is 6.33. The first-order chi connectivity index (χ1) is 16.1. The summed E-state index contributed by atoms with van der Waals surface area (Å²) in [6, 6.07) is 7.45. The zero-order valence-electron chi connectivity index (χ0n) is 18.1. The molecule has 7 nitrogen and oxygen atoms in total. The molecule has 0 radical (unpaired) electrons. The summed E-state index contributed by atoms with van der Waals surface area (Å²) in [7, 11) is 1.58. The second kappa shape index (κ2) is 7.85. The van der Waals surface area contributed by atoms with Gasteiger partial charge in [0.25, 0.3) is 0 Å². The van der Waals surface area contributed by atoms with Crippen LogP contribution in [0.3, 0.4) is 0 Å². The molecule has 0 atom stereocenters. The monoisotopic (exact) mass is 459 g/mol. The number of anilines is 2. The second-order valence-corrected chi connectivity index (χ2v) is 8.95. The Morgan fingerprint density at radius 2 is 2.06 bits per heavy atom. The van der Waals surface area contributed by atoms with Crippen LogP contribution in [0.25, 0.3) is 22.3 Å². The van der Waals surface area contributed by atoms with Crippen molar-refractivity contribution in [2.45, 2.75) is 38.0 Å². The Kier molecular flexibility index (Phi) is 4.80. The first-order valence-electron chi connectivity index (χ1n) is 11.1. The highest BCUT2D eigenvalue weighted by atomic mass is 35.5. The molecule has 1 aromatic carbocycles. The molecule has 0 spiro atoms. The van der Waals surface area contributed by atoms with Crippen LogP contribution < -0.4 is 10.1 Å². The van der Waals surface area contributed by atoms with Crippen molar-refractivity contribution in [3.63, 3.8) is 0 Å². The number of nitrogens with zero attached hydrogens (tertiary/aromatic N) is 3. The van der Waals surface area contributed by atoms with E-state index in [9.17, 15) is 4.79 Å². The number of H-pyrrole nitrogens is 1. The van der Waals surface area contributed by atoms with Crippen LogP contribution in [0.2, 0.25) is 5.02 Å². The van der Waals surface area contributed by atoms with E-state index in [0.717, 1.165) is 59.5 Å². The molecule has 2 aliphatic rings. The van der Waals surface area contributed by atoms with E-state index in [1.54, 1.807) is 25.6 Å². The number of benzene rings is 1. The molecule has 1 fully saturated rings. The number of nitrogens with one attached hydrogen (secondary N) is 2. The van der Waals surface area contributed by atoms with Crippen molar-refractivity contribution in [1.29, 1.82) is 0 Å². The number of carbonyl (C=O) groups excluding carboxylic acids is 1. The van der Waals surface area contributed by atoms with E-state index in [1.807, 2.05) is 18.2 Å². The molecule has 3 heterocycles. The molecule has 0 amide bonds. The molecule has 2 N–H and O–H groups in total. The van der Waals surface area contributed by atoms with Crippen molar-refractivity contribution >= 4 is 39.8 Å². The van der Waals surface area contributed by atoms with Gasteiger partial charge in [-0.1, -0.05) is 17.7 Å². The van der Waals surface area contributed by atoms with E-state index in [0.29, 0.717) is 40.0 Å². The van der Waals surface area contributed by atoms with Gasteiger partial charge in [0.2, 0.25) is 0 Å². The van der Waals surface area contributed by atoms with Crippen molar-refractivity contribution < 1.29 is 9.53 Å². The molecule has 4 aromatic rings. The van der Waals surface area contributed by atoms with Crippen molar-refractivity contribution in [3.8, 4) is 17.0 Å². The van der Waals surface area contributed by atoms with Gasteiger partial charge in [-0.2, -0.15) is 0 Å². The molecule has 0 saturated heterocycles. The predicted molar refractivity (Wildman–Crippen MR) is 128 cm³/mol. The van der Waals surface area contributed by atoms with Crippen LogP contribution in [-0.4, -0.2) is 32.8 Å². The van der Waals surface area contributed by atoms with Gasteiger partial charge < -0.3 is 15.0 Å². The Bertz CT molecular complexity index is 1410. The van der Waals surface area contributed by atoms with Gasteiger partial charge in [0.1, 0.15) is 16.9 Å². The van der Waals surface area contributed by atoms with E-state index in [1.165, 1.54) is 0 Å². The first-order valence-corrected chi connectivity index (χ1v) is 11.5. The lowest BCUT2D eigenvalue weighted by molar-refractivity contribution is 0.0973. The van der Waals surface area contributed by atoms with Gasteiger partial charge in [0, 0.05) is 29.8 Å². The Morgan fingerprint density at radius 1 is 1.18 bits per heavy atom. The molecular formula is C25H22ClN5O2. The number of pyridine rings is 1. The van der Waals surface area contributed by atoms with Crippen LogP contribution in [0.1, 0.15) is 53.5 Å². The van der Waals surface area contributed by atoms with E-state index in [-0.39, 0.29) is 5.78 Å². The van der Waals surface area contributed by atoms with Gasteiger partial charge in [0.15, 0.2) is 11.5 Å². The molecule has 3 aromatic heterocycles. The minimum Gasteiger partial charge on any atom is -0.493 e. The standard InChI is InChI=1S/C25H22ClN5O2/c1-33-24-15(26)4-2-6-17(24)30-23-20-16(5-3-7-19(20)32)29-22(23)14-10-11-27-18-12-28-25(13-8-9-13)31-21(14)18/h2,4,6,10-13,29-30H,3,5,7-9H2,1H3. The Hall–Kier alpha value is -3.45. The van der Waals surface area contributed by atoms with Gasteiger partial charge in [-0.25, -0.2) is 9.97 Å².